The molecule has 146 valence electrons. The Labute approximate surface area is 173 Å². The van der Waals surface area contributed by atoms with E-state index in [0.29, 0.717) is 22.8 Å². The van der Waals surface area contributed by atoms with Crippen LogP contribution in [0.3, 0.4) is 0 Å². The van der Waals surface area contributed by atoms with E-state index in [1.165, 1.54) is 23.6 Å². The zero-order chi connectivity index (χ0) is 20.1. The van der Waals surface area contributed by atoms with Crippen molar-refractivity contribution >= 4 is 46.8 Å². The van der Waals surface area contributed by atoms with Gasteiger partial charge < -0.3 is 5.32 Å². The second kappa shape index (κ2) is 9.26. The molecule has 1 aliphatic rings. The largest absolute Gasteiger partial charge is 0.326 e. The summed E-state index contributed by atoms with van der Waals surface area (Å²) >= 11 is 7.35. The van der Waals surface area contributed by atoms with Crippen molar-refractivity contribution in [2.75, 3.05) is 11.9 Å². The highest BCUT2D eigenvalue weighted by atomic mass is 35.5. The lowest BCUT2D eigenvalue weighted by Crippen LogP contribution is -2.41. The van der Waals surface area contributed by atoms with Gasteiger partial charge >= 0.3 is 0 Å². The lowest BCUT2D eigenvalue weighted by Gasteiger charge is -2.22. The summed E-state index contributed by atoms with van der Waals surface area (Å²) in [5.41, 5.74) is 1.17. The van der Waals surface area contributed by atoms with Gasteiger partial charge in [0.05, 0.1) is 5.25 Å². The van der Waals surface area contributed by atoms with Gasteiger partial charge in [0.1, 0.15) is 0 Å². The molecule has 5 nitrogen and oxygen atoms in total. The van der Waals surface area contributed by atoms with E-state index in [1.807, 2.05) is 24.3 Å². The SMILES string of the molecule is CC(=O)Nc1ccc(SC2CCCCN(C(=O)c3ccc(Cl)cc3)C2=O)cc1. The summed E-state index contributed by atoms with van der Waals surface area (Å²) in [4.78, 5) is 39.3. The van der Waals surface area contributed by atoms with Gasteiger partial charge in [-0.1, -0.05) is 18.0 Å². The molecule has 1 unspecified atom stereocenters. The fourth-order valence-corrected chi connectivity index (χ4v) is 4.31. The molecule has 0 saturated carbocycles. The molecular formula is C21H21ClN2O3S. The van der Waals surface area contributed by atoms with E-state index >= 15 is 0 Å². The lowest BCUT2D eigenvalue weighted by molar-refractivity contribution is -0.127. The van der Waals surface area contributed by atoms with Crippen LogP contribution in [0.15, 0.2) is 53.4 Å². The number of halogens is 1. The highest BCUT2D eigenvalue weighted by Crippen LogP contribution is 2.31. The second-order valence-electron chi connectivity index (χ2n) is 6.61. The third-order valence-electron chi connectivity index (χ3n) is 4.43. The van der Waals surface area contributed by atoms with Crippen molar-refractivity contribution in [3.8, 4) is 0 Å². The van der Waals surface area contributed by atoms with E-state index in [9.17, 15) is 14.4 Å². The average molecular weight is 417 g/mol. The van der Waals surface area contributed by atoms with Crippen LogP contribution in [0.5, 0.6) is 0 Å². The molecule has 0 aromatic heterocycles. The number of imide groups is 1. The predicted octanol–water partition coefficient (Wildman–Crippen LogP) is 4.61. The third-order valence-corrected chi connectivity index (χ3v) is 5.95. The van der Waals surface area contributed by atoms with Gasteiger partial charge in [0.25, 0.3) is 5.91 Å². The topological polar surface area (TPSA) is 66.5 Å². The Kier molecular flexibility index (Phi) is 6.75. The number of amides is 3. The number of thioether (sulfide) groups is 1. The first-order valence-electron chi connectivity index (χ1n) is 9.09. The minimum atomic E-state index is -0.314. The molecule has 3 rings (SSSR count). The van der Waals surface area contributed by atoms with E-state index in [4.69, 9.17) is 11.6 Å². The van der Waals surface area contributed by atoms with Gasteiger partial charge in [-0.05, 0) is 61.4 Å². The molecule has 1 atom stereocenters. The number of anilines is 1. The molecule has 1 saturated heterocycles. The van der Waals surface area contributed by atoms with E-state index in [0.717, 1.165) is 24.2 Å². The van der Waals surface area contributed by atoms with E-state index in [-0.39, 0.29) is 23.0 Å². The number of hydrogen-bond acceptors (Lipinski definition) is 4. The van der Waals surface area contributed by atoms with Gasteiger partial charge in [-0.3, -0.25) is 19.3 Å². The van der Waals surface area contributed by atoms with Crippen molar-refractivity contribution < 1.29 is 14.4 Å². The van der Waals surface area contributed by atoms with E-state index in [2.05, 4.69) is 5.32 Å². The maximum atomic E-state index is 13.0. The first-order valence-corrected chi connectivity index (χ1v) is 10.4. The Balaban J connectivity index is 1.72. The molecule has 2 aromatic carbocycles. The number of carbonyl (C=O) groups excluding carboxylic acids is 3. The predicted molar refractivity (Wildman–Crippen MR) is 112 cm³/mol. The number of nitrogens with zero attached hydrogens (tertiary/aromatic N) is 1. The maximum absolute atomic E-state index is 13.0. The van der Waals surface area contributed by atoms with Crippen molar-refractivity contribution in [2.45, 2.75) is 36.3 Å². The lowest BCUT2D eigenvalue weighted by atomic mass is 10.2. The van der Waals surface area contributed by atoms with Crippen LogP contribution in [0.4, 0.5) is 5.69 Å². The molecule has 0 aliphatic carbocycles. The highest BCUT2D eigenvalue weighted by Gasteiger charge is 2.32. The number of carbonyl (C=O) groups is 3. The fourth-order valence-electron chi connectivity index (χ4n) is 3.05. The standard InChI is InChI=1S/C21H21ClN2O3S/c1-14(25)23-17-9-11-18(12-10-17)28-19-4-2-3-13-24(21(19)27)20(26)15-5-7-16(22)8-6-15/h5-12,19H,2-4,13H2,1H3,(H,23,25). The summed E-state index contributed by atoms with van der Waals surface area (Å²) in [5.74, 6) is -0.570. The van der Waals surface area contributed by atoms with Crippen molar-refractivity contribution in [3.05, 3.63) is 59.1 Å². The summed E-state index contributed by atoms with van der Waals surface area (Å²) < 4.78 is 0. The van der Waals surface area contributed by atoms with Gasteiger partial charge in [-0.2, -0.15) is 0 Å². The molecule has 1 heterocycles. The summed E-state index contributed by atoms with van der Waals surface area (Å²) in [6.07, 6.45) is 2.41. The van der Waals surface area contributed by atoms with Crippen molar-refractivity contribution in [2.24, 2.45) is 0 Å². The molecule has 0 radical (unpaired) electrons. The smallest absolute Gasteiger partial charge is 0.260 e. The Morgan fingerprint density at radius 2 is 1.75 bits per heavy atom. The highest BCUT2D eigenvalue weighted by molar-refractivity contribution is 8.00. The molecule has 0 bridgehead atoms. The summed E-state index contributed by atoms with van der Waals surface area (Å²) in [6.45, 7) is 1.89. The molecule has 1 aliphatic heterocycles. The Morgan fingerprint density at radius 1 is 1.07 bits per heavy atom. The van der Waals surface area contributed by atoms with Crippen molar-refractivity contribution in [1.29, 1.82) is 0 Å². The molecule has 2 aromatic rings. The summed E-state index contributed by atoms with van der Waals surface area (Å²) in [7, 11) is 0. The average Bonchev–Trinajstić information content (AvgIpc) is 2.85. The zero-order valence-electron chi connectivity index (χ0n) is 15.5. The second-order valence-corrected chi connectivity index (χ2v) is 8.32. The molecule has 0 spiro atoms. The molecule has 3 amide bonds. The molecule has 7 heteroatoms. The minimum Gasteiger partial charge on any atom is -0.326 e. The number of rotatable bonds is 4. The Hall–Kier alpha value is -2.31. The normalized spacial score (nSPS) is 17.1. The van der Waals surface area contributed by atoms with Gasteiger partial charge in [0, 0.05) is 34.6 Å². The monoisotopic (exact) mass is 416 g/mol. The van der Waals surface area contributed by atoms with Crippen LogP contribution in [-0.2, 0) is 9.59 Å². The van der Waals surface area contributed by atoms with E-state index < -0.39 is 0 Å². The van der Waals surface area contributed by atoms with E-state index in [1.54, 1.807) is 24.3 Å². The molecule has 1 N–H and O–H groups in total. The van der Waals surface area contributed by atoms with Crippen molar-refractivity contribution in [3.63, 3.8) is 0 Å². The molecule has 28 heavy (non-hydrogen) atoms. The van der Waals surface area contributed by atoms with Gasteiger partial charge in [-0.25, -0.2) is 0 Å². The van der Waals surface area contributed by atoms with Crippen LogP contribution in [0.1, 0.15) is 36.5 Å². The third kappa shape index (κ3) is 5.14. The van der Waals surface area contributed by atoms with Crippen LogP contribution in [0, 0.1) is 0 Å². The summed E-state index contributed by atoms with van der Waals surface area (Å²) in [6, 6.07) is 14.0. The fraction of sp³-hybridized carbons (Fsp3) is 0.286. The van der Waals surface area contributed by atoms with Crippen LogP contribution >= 0.6 is 23.4 Å². The van der Waals surface area contributed by atoms with Crippen LogP contribution < -0.4 is 5.32 Å². The first-order chi connectivity index (χ1) is 13.4. The van der Waals surface area contributed by atoms with Crippen LogP contribution in [0.2, 0.25) is 5.02 Å². The van der Waals surface area contributed by atoms with Gasteiger partial charge in [0.15, 0.2) is 0 Å². The summed E-state index contributed by atoms with van der Waals surface area (Å²) in [5, 5.41) is 2.96. The Bertz CT molecular complexity index is 868. The first kappa shape index (κ1) is 20.4. The van der Waals surface area contributed by atoms with Crippen molar-refractivity contribution in [1.82, 2.24) is 4.90 Å². The number of benzene rings is 2. The van der Waals surface area contributed by atoms with Gasteiger partial charge in [-0.15, -0.1) is 11.8 Å². The quantitative estimate of drug-likeness (QED) is 0.739. The number of hydrogen-bond donors (Lipinski definition) is 1. The number of likely N-dealkylation sites (tertiary alicyclic amines) is 1. The molecule has 1 fully saturated rings. The zero-order valence-corrected chi connectivity index (χ0v) is 17.1. The van der Waals surface area contributed by atoms with Gasteiger partial charge in [0.2, 0.25) is 11.8 Å². The van der Waals surface area contributed by atoms with Crippen LogP contribution in [0.25, 0.3) is 0 Å². The Morgan fingerprint density at radius 3 is 2.39 bits per heavy atom. The van der Waals surface area contributed by atoms with Crippen LogP contribution in [-0.4, -0.2) is 34.4 Å². The number of nitrogens with one attached hydrogen (secondary N) is 1. The maximum Gasteiger partial charge on any atom is 0.260 e. The molecular weight excluding hydrogens is 396 g/mol. The minimum absolute atomic E-state index is 0.129.